The lowest BCUT2D eigenvalue weighted by molar-refractivity contribution is 0.0146. The molecule has 3 unspecified atom stereocenters. The van der Waals surface area contributed by atoms with Gasteiger partial charge in [0.05, 0.1) is 25.3 Å². The molecule has 4 rings (SSSR count). The molecule has 4 atom stereocenters. The van der Waals surface area contributed by atoms with Gasteiger partial charge >= 0.3 is 0 Å². The minimum absolute atomic E-state index is 0.293. The zero-order valence-corrected chi connectivity index (χ0v) is 15.7. The fourth-order valence-electron chi connectivity index (χ4n) is 4.53. The van der Waals surface area contributed by atoms with Gasteiger partial charge in [-0.2, -0.15) is 0 Å². The molecule has 0 bridgehead atoms. The van der Waals surface area contributed by atoms with Crippen LogP contribution >= 0.6 is 0 Å². The lowest BCUT2D eigenvalue weighted by atomic mass is 9.84. The number of aryl methyl sites for hydroxylation is 1. The molecule has 1 saturated carbocycles. The van der Waals surface area contributed by atoms with E-state index in [1.54, 1.807) is 7.11 Å². The van der Waals surface area contributed by atoms with Crippen LogP contribution in [0.5, 0.6) is 5.75 Å². The van der Waals surface area contributed by atoms with Crippen molar-refractivity contribution in [2.45, 2.75) is 52.6 Å². The van der Waals surface area contributed by atoms with E-state index < -0.39 is 0 Å². The minimum atomic E-state index is 0.293. The van der Waals surface area contributed by atoms with Gasteiger partial charge < -0.3 is 9.47 Å². The van der Waals surface area contributed by atoms with Crippen molar-refractivity contribution in [2.75, 3.05) is 13.7 Å². The van der Waals surface area contributed by atoms with E-state index in [9.17, 15) is 0 Å². The van der Waals surface area contributed by atoms with E-state index in [0.29, 0.717) is 23.4 Å². The second-order valence-electron chi connectivity index (χ2n) is 6.98. The lowest BCUT2D eigenvalue weighted by Gasteiger charge is -2.28. The van der Waals surface area contributed by atoms with E-state index in [1.165, 1.54) is 5.56 Å². The largest absolute Gasteiger partial charge is 0.496 e. The molecule has 1 aromatic heterocycles. The standard InChI is InChI=1S/C19H23NO2.C2H6/c1-11-7-18(21-4)15-8-14(5-6-17(15)20-11)19-9-12(2)22-10-16(19)13(19)3;1-2/h5-8,12-13,16H,9-10H2,1-4H3;1-2H3/t12?,13-,16?,19?;/m0./s1. The van der Waals surface area contributed by atoms with Gasteiger partial charge in [-0.15, -0.1) is 0 Å². The Balaban J connectivity index is 0.000000815. The van der Waals surface area contributed by atoms with E-state index >= 15 is 0 Å². The molecule has 0 spiro atoms. The van der Waals surface area contributed by atoms with Gasteiger partial charge in [-0.25, -0.2) is 0 Å². The van der Waals surface area contributed by atoms with Crippen LogP contribution in [0.2, 0.25) is 0 Å². The molecular formula is C21H29NO2. The first kappa shape index (κ1) is 17.2. The monoisotopic (exact) mass is 327 g/mol. The predicted molar refractivity (Wildman–Crippen MR) is 98.7 cm³/mol. The third kappa shape index (κ3) is 2.50. The van der Waals surface area contributed by atoms with Crippen LogP contribution in [0.3, 0.4) is 0 Å². The Bertz CT molecular complexity index is 742. The zero-order valence-electron chi connectivity index (χ0n) is 15.7. The summed E-state index contributed by atoms with van der Waals surface area (Å²) in [6.07, 6.45) is 1.46. The van der Waals surface area contributed by atoms with Crippen LogP contribution in [0.4, 0.5) is 0 Å². The molecule has 130 valence electrons. The average molecular weight is 327 g/mol. The van der Waals surface area contributed by atoms with Crippen LogP contribution in [0.25, 0.3) is 10.9 Å². The average Bonchev–Trinajstić information content (AvgIpc) is 3.20. The Hall–Kier alpha value is -1.61. The van der Waals surface area contributed by atoms with Gasteiger partial charge in [0.25, 0.3) is 0 Å². The highest BCUT2D eigenvalue weighted by molar-refractivity contribution is 5.86. The number of rotatable bonds is 2. The Morgan fingerprint density at radius 3 is 2.67 bits per heavy atom. The molecule has 2 fully saturated rings. The van der Waals surface area contributed by atoms with Crippen molar-refractivity contribution in [2.24, 2.45) is 11.8 Å². The van der Waals surface area contributed by atoms with Crippen molar-refractivity contribution in [1.82, 2.24) is 4.98 Å². The quantitative estimate of drug-likeness (QED) is 0.787. The van der Waals surface area contributed by atoms with Crippen molar-refractivity contribution >= 4 is 10.9 Å². The van der Waals surface area contributed by atoms with Gasteiger partial charge in [-0.05, 0) is 49.8 Å². The predicted octanol–water partition coefficient (Wildman–Crippen LogP) is 4.89. The Morgan fingerprint density at radius 1 is 1.21 bits per heavy atom. The number of nitrogens with zero attached hydrogens (tertiary/aromatic N) is 1. The molecule has 2 aliphatic rings. The molecule has 3 nitrogen and oxygen atoms in total. The van der Waals surface area contributed by atoms with Crippen LogP contribution in [0, 0.1) is 18.8 Å². The molecular weight excluding hydrogens is 298 g/mol. The van der Waals surface area contributed by atoms with E-state index in [-0.39, 0.29) is 0 Å². The summed E-state index contributed by atoms with van der Waals surface area (Å²) < 4.78 is 11.4. The Morgan fingerprint density at radius 2 is 1.96 bits per heavy atom. The number of aromatic nitrogens is 1. The summed E-state index contributed by atoms with van der Waals surface area (Å²) in [6, 6.07) is 8.74. The van der Waals surface area contributed by atoms with Crippen LogP contribution in [0.1, 0.15) is 45.4 Å². The normalized spacial score (nSPS) is 31.0. The molecule has 24 heavy (non-hydrogen) atoms. The van der Waals surface area contributed by atoms with Gasteiger partial charge in [-0.3, -0.25) is 4.98 Å². The van der Waals surface area contributed by atoms with Gasteiger partial charge in [0.1, 0.15) is 5.75 Å². The molecule has 2 heterocycles. The maximum Gasteiger partial charge on any atom is 0.130 e. The van der Waals surface area contributed by atoms with Crippen LogP contribution in [0.15, 0.2) is 24.3 Å². The number of hydrogen-bond acceptors (Lipinski definition) is 3. The number of methoxy groups -OCH3 is 1. The number of fused-ring (bicyclic) bond motifs is 2. The number of ether oxygens (including phenoxy) is 2. The van der Waals surface area contributed by atoms with E-state index in [4.69, 9.17) is 9.47 Å². The molecule has 2 aromatic rings. The minimum Gasteiger partial charge on any atom is -0.496 e. The molecule has 0 radical (unpaired) electrons. The summed E-state index contributed by atoms with van der Waals surface area (Å²) in [4.78, 5) is 4.64. The van der Waals surface area contributed by atoms with E-state index in [2.05, 4.69) is 37.0 Å². The van der Waals surface area contributed by atoms with Crippen molar-refractivity contribution in [1.29, 1.82) is 0 Å². The van der Waals surface area contributed by atoms with Crippen LogP contribution < -0.4 is 4.74 Å². The maximum atomic E-state index is 5.86. The number of pyridine rings is 1. The Kier molecular flexibility index (Phi) is 4.56. The summed E-state index contributed by atoms with van der Waals surface area (Å²) in [5.41, 5.74) is 3.73. The van der Waals surface area contributed by atoms with Crippen molar-refractivity contribution in [3.8, 4) is 5.75 Å². The lowest BCUT2D eigenvalue weighted by Crippen LogP contribution is -2.27. The summed E-state index contributed by atoms with van der Waals surface area (Å²) in [5.74, 6) is 2.27. The third-order valence-corrected chi connectivity index (χ3v) is 5.81. The van der Waals surface area contributed by atoms with E-state index in [1.807, 2.05) is 26.8 Å². The van der Waals surface area contributed by atoms with Crippen molar-refractivity contribution in [3.63, 3.8) is 0 Å². The van der Waals surface area contributed by atoms with Gasteiger partial charge in [0, 0.05) is 22.6 Å². The highest BCUT2D eigenvalue weighted by Crippen LogP contribution is 2.64. The first-order valence-electron chi connectivity index (χ1n) is 9.13. The summed E-state index contributed by atoms with van der Waals surface area (Å²) in [6.45, 7) is 11.5. The van der Waals surface area contributed by atoms with Gasteiger partial charge in [0.2, 0.25) is 0 Å². The summed E-state index contributed by atoms with van der Waals surface area (Å²) in [7, 11) is 1.73. The second-order valence-corrected chi connectivity index (χ2v) is 6.98. The zero-order chi connectivity index (χ0) is 17.5. The van der Waals surface area contributed by atoms with E-state index in [0.717, 1.165) is 35.4 Å². The fourth-order valence-corrected chi connectivity index (χ4v) is 4.53. The van der Waals surface area contributed by atoms with Crippen LogP contribution in [-0.2, 0) is 10.2 Å². The second kappa shape index (κ2) is 6.36. The number of benzene rings is 1. The first-order chi connectivity index (χ1) is 11.6. The molecule has 1 aliphatic carbocycles. The highest BCUT2D eigenvalue weighted by Gasteiger charge is 2.64. The molecule has 1 aromatic carbocycles. The highest BCUT2D eigenvalue weighted by atomic mass is 16.5. The SMILES string of the molecule is CC.COc1cc(C)nc2ccc(C34CC(C)OCC3[C@@H]4C)cc12. The molecule has 0 amide bonds. The summed E-state index contributed by atoms with van der Waals surface area (Å²) in [5, 5.41) is 1.12. The van der Waals surface area contributed by atoms with Gasteiger partial charge in [-0.1, -0.05) is 26.8 Å². The fraction of sp³-hybridized carbons (Fsp3) is 0.571. The third-order valence-electron chi connectivity index (χ3n) is 5.81. The van der Waals surface area contributed by atoms with Crippen LogP contribution in [-0.4, -0.2) is 24.8 Å². The number of hydrogen-bond donors (Lipinski definition) is 0. The van der Waals surface area contributed by atoms with Crippen molar-refractivity contribution in [3.05, 3.63) is 35.5 Å². The topological polar surface area (TPSA) is 31.4 Å². The molecule has 1 saturated heterocycles. The molecule has 0 N–H and O–H groups in total. The summed E-state index contributed by atoms with van der Waals surface area (Å²) >= 11 is 0. The molecule has 3 heteroatoms. The molecule has 1 aliphatic heterocycles. The maximum absolute atomic E-state index is 5.86. The smallest absolute Gasteiger partial charge is 0.130 e. The van der Waals surface area contributed by atoms with Gasteiger partial charge in [0.15, 0.2) is 0 Å². The van der Waals surface area contributed by atoms with Crippen molar-refractivity contribution < 1.29 is 9.47 Å². The first-order valence-corrected chi connectivity index (χ1v) is 9.13. The Labute approximate surface area is 145 Å².